The van der Waals surface area contributed by atoms with Crippen LogP contribution in [-0.2, 0) is 6.42 Å². The maximum Gasteiger partial charge on any atom is 0.0420 e. The lowest BCUT2D eigenvalue weighted by molar-refractivity contribution is 0.141. The van der Waals surface area contributed by atoms with Crippen LogP contribution in [0.2, 0.25) is 0 Å². The minimum Gasteiger partial charge on any atom is -0.315 e. The van der Waals surface area contributed by atoms with E-state index in [1.807, 2.05) is 19.3 Å². The first kappa shape index (κ1) is 14.6. The second kappa shape index (κ2) is 5.94. The van der Waals surface area contributed by atoms with Crippen LogP contribution < -0.4 is 5.32 Å². The Morgan fingerprint density at radius 2 is 2.06 bits per heavy atom. The van der Waals surface area contributed by atoms with E-state index < -0.39 is 0 Å². The smallest absolute Gasteiger partial charge is 0.0420 e. The van der Waals surface area contributed by atoms with E-state index in [2.05, 4.69) is 65.1 Å². The summed E-state index contributed by atoms with van der Waals surface area (Å²) in [6, 6.07) is 4.48. The van der Waals surface area contributed by atoms with Crippen molar-refractivity contribution >= 4 is 15.9 Å². The molecule has 4 heteroatoms. The molecule has 0 bridgehead atoms. The number of nitrogens with one attached hydrogen (secondary N) is 1. The molecule has 1 aromatic heterocycles. The van der Waals surface area contributed by atoms with Crippen molar-refractivity contribution in [2.24, 2.45) is 0 Å². The summed E-state index contributed by atoms with van der Waals surface area (Å²) in [6.45, 7) is 4.49. The summed E-state index contributed by atoms with van der Waals surface area (Å²) in [7, 11) is 6.23. The van der Waals surface area contributed by atoms with Gasteiger partial charge in [0.2, 0.25) is 0 Å². The average molecular weight is 300 g/mol. The SMILES string of the molecule is CNC(Cc1ccc(Br)cn1)C(C)(C)N(C)C. The van der Waals surface area contributed by atoms with Gasteiger partial charge in [-0.05, 0) is 63.1 Å². The van der Waals surface area contributed by atoms with Gasteiger partial charge in [0.05, 0.1) is 0 Å². The van der Waals surface area contributed by atoms with Gasteiger partial charge in [0, 0.05) is 34.4 Å². The number of aromatic nitrogens is 1. The van der Waals surface area contributed by atoms with Gasteiger partial charge in [-0.3, -0.25) is 4.98 Å². The molecule has 0 saturated heterocycles. The third-order valence-electron chi connectivity index (χ3n) is 3.56. The van der Waals surface area contributed by atoms with Gasteiger partial charge in [0.1, 0.15) is 0 Å². The van der Waals surface area contributed by atoms with Crippen molar-refractivity contribution < 1.29 is 0 Å². The van der Waals surface area contributed by atoms with Gasteiger partial charge < -0.3 is 10.2 Å². The fourth-order valence-corrected chi connectivity index (χ4v) is 1.99. The number of rotatable bonds is 5. The Balaban J connectivity index is 2.80. The first-order valence-corrected chi connectivity index (χ1v) is 6.62. The number of hydrogen-bond acceptors (Lipinski definition) is 3. The highest BCUT2D eigenvalue weighted by atomic mass is 79.9. The summed E-state index contributed by atoms with van der Waals surface area (Å²) >= 11 is 3.41. The zero-order valence-corrected chi connectivity index (χ0v) is 12.9. The maximum atomic E-state index is 4.43. The Hall–Kier alpha value is -0.450. The highest BCUT2D eigenvalue weighted by molar-refractivity contribution is 9.10. The van der Waals surface area contributed by atoms with E-state index in [0.29, 0.717) is 6.04 Å². The second-order valence-corrected chi connectivity index (χ2v) is 5.98. The van der Waals surface area contributed by atoms with E-state index in [1.54, 1.807) is 0 Å². The summed E-state index contributed by atoms with van der Waals surface area (Å²) in [6.07, 6.45) is 2.78. The summed E-state index contributed by atoms with van der Waals surface area (Å²) in [5.41, 5.74) is 1.20. The zero-order valence-electron chi connectivity index (χ0n) is 11.3. The highest BCUT2D eigenvalue weighted by Crippen LogP contribution is 2.19. The zero-order chi connectivity index (χ0) is 13.1. The standard InChI is InChI=1S/C13H22BrN3/c1-13(2,17(4)5)12(15-3)8-11-7-6-10(14)9-16-11/h6-7,9,12,15H,8H2,1-5H3. The minimum atomic E-state index is 0.0868. The molecule has 1 unspecified atom stereocenters. The first-order chi connectivity index (χ1) is 7.87. The molecule has 0 radical (unpaired) electrons. The molecule has 17 heavy (non-hydrogen) atoms. The molecule has 3 nitrogen and oxygen atoms in total. The Morgan fingerprint density at radius 1 is 1.41 bits per heavy atom. The molecule has 0 amide bonds. The molecule has 0 saturated carbocycles. The lowest BCUT2D eigenvalue weighted by Crippen LogP contribution is -2.55. The van der Waals surface area contributed by atoms with Crippen LogP contribution in [0.25, 0.3) is 0 Å². The monoisotopic (exact) mass is 299 g/mol. The fourth-order valence-electron chi connectivity index (χ4n) is 1.75. The van der Waals surface area contributed by atoms with E-state index in [9.17, 15) is 0 Å². The number of hydrogen-bond donors (Lipinski definition) is 1. The van der Waals surface area contributed by atoms with Crippen molar-refractivity contribution in [3.63, 3.8) is 0 Å². The predicted molar refractivity (Wildman–Crippen MR) is 76.3 cm³/mol. The van der Waals surface area contributed by atoms with Crippen LogP contribution in [0.3, 0.4) is 0 Å². The minimum absolute atomic E-state index is 0.0868. The van der Waals surface area contributed by atoms with E-state index in [-0.39, 0.29) is 5.54 Å². The van der Waals surface area contributed by atoms with E-state index in [0.717, 1.165) is 16.6 Å². The molecule has 1 heterocycles. The normalized spacial score (nSPS) is 14.1. The third-order valence-corrected chi connectivity index (χ3v) is 4.02. The van der Waals surface area contributed by atoms with Crippen LogP contribution >= 0.6 is 15.9 Å². The van der Waals surface area contributed by atoms with Gasteiger partial charge in [0.15, 0.2) is 0 Å². The number of pyridine rings is 1. The largest absolute Gasteiger partial charge is 0.315 e. The van der Waals surface area contributed by atoms with Crippen LogP contribution in [0.15, 0.2) is 22.8 Å². The maximum absolute atomic E-state index is 4.43. The number of halogens is 1. The van der Waals surface area contributed by atoms with Crippen molar-refractivity contribution in [3.05, 3.63) is 28.5 Å². The molecule has 0 aliphatic carbocycles. The molecule has 0 aliphatic rings. The Labute approximate surface area is 113 Å². The Kier molecular flexibility index (Phi) is 5.10. The van der Waals surface area contributed by atoms with Crippen molar-refractivity contribution in [2.75, 3.05) is 21.1 Å². The third kappa shape index (κ3) is 3.76. The van der Waals surface area contributed by atoms with Gasteiger partial charge in [-0.1, -0.05) is 0 Å². The average Bonchev–Trinajstić information content (AvgIpc) is 2.27. The summed E-state index contributed by atoms with van der Waals surface area (Å²) in [5, 5.41) is 3.39. The van der Waals surface area contributed by atoms with Gasteiger partial charge in [-0.15, -0.1) is 0 Å². The molecule has 1 atom stereocenters. The molecule has 96 valence electrons. The number of nitrogens with zero attached hydrogens (tertiary/aromatic N) is 2. The van der Waals surface area contributed by atoms with E-state index in [4.69, 9.17) is 0 Å². The van der Waals surface area contributed by atoms with Crippen LogP contribution in [0.5, 0.6) is 0 Å². The van der Waals surface area contributed by atoms with Crippen LogP contribution in [0, 0.1) is 0 Å². The molecule has 1 rings (SSSR count). The molecular weight excluding hydrogens is 278 g/mol. The van der Waals surface area contributed by atoms with Gasteiger partial charge in [-0.2, -0.15) is 0 Å². The van der Waals surface area contributed by atoms with Gasteiger partial charge in [0.25, 0.3) is 0 Å². The summed E-state index contributed by atoms with van der Waals surface area (Å²) < 4.78 is 1.02. The molecule has 1 N–H and O–H groups in total. The summed E-state index contributed by atoms with van der Waals surface area (Å²) in [4.78, 5) is 6.68. The Bertz CT molecular complexity index is 346. The molecular formula is C13H22BrN3. The van der Waals surface area contributed by atoms with Crippen LogP contribution in [0.1, 0.15) is 19.5 Å². The molecule has 0 spiro atoms. The number of likely N-dealkylation sites (N-methyl/N-ethyl adjacent to an activating group) is 2. The van der Waals surface area contributed by atoms with Gasteiger partial charge >= 0.3 is 0 Å². The summed E-state index contributed by atoms with van der Waals surface area (Å²) in [5.74, 6) is 0. The van der Waals surface area contributed by atoms with Crippen molar-refractivity contribution in [1.82, 2.24) is 15.2 Å². The molecule has 0 aliphatic heterocycles. The van der Waals surface area contributed by atoms with E-state index in [1.165, 1.54) is 0 Å². The van der Waals surface area contributed by atoms with Gasteiger partial charge in [-0.25, -0.2) is 0 Å². The fraction of sp³-hybridized carbons (Fsp3) is 0.615. The lowest BCUT2D eigenvalue weighted by atomic mass is 9.89. The first-order valence-electron chi connectivity index (χ1n) is 5.83. The highest BCUT2D eigenvalue weighted by Gasteiger charge is 2.30. The topological polar surface area (TPSA) is 28.2 Å². The predicted octanol–water partition coefficient (Wildman–Crippen LogP) is 2.31. The van der Waals surface area contributed by atoms with Crippen LogP contribution in [0.4, 0.5) is 0 Å². The van der Waals surface area contributed by atoms with Crippen molar-refractivity contribution in [1.29, 1.82) is 0 Å². The van der Waals surface area contributed by atoms with Crippen molar-refractivity contribution in [3.8, 4) is 0 Å². The molecule has 1 aromatic rings. The van der Waals surface area contributed by atoms with E-state index >= 15 is 0 Å². The Morgan fingerprint density at radius 3 is 2.47 bits per heavy atom. The quantitative estimate of drug-likeness (QED) is 0.904. The van der Waals surface area contributed by atoms with Crippen molar-refractivity contribution in [2.45, 2.75) is 31.8 Å². The second-order valence-electron chi connectivity index (χ2n) is 5.06. The molecule has 0 aromatic carbocycles. The van der Waals surface area contributed by atoms with Crippen LogP contribution in [-0.4, -0.2) is 42.6 Å². The lowest BCUT2D eigenvalue weighted by Gasteiger charge is -2.40. The molecule has 0 fully saturated rings.